The van der Waals surface area contributed by atoms with Gasteiger partial charge in [-0.3, -0.25) is 4.79 Å². The second-order valence-corrected chi connectivity index (χ2v) is 4.77. The van der Waals surface area contributed by atoms with E-state index in [1.807, 2.05) is 37.3 Å². The molecular weight excluding hydrogens is 278 g/mol. The maximum atomic E-state index is 11.0. The number of nitrogens with zero attached hydrogens (tertiary/aromatic N) is 2. The normalized spacial score (nSPS) is 9.91. The first-order valence-electron chi connectivity index (χ1n) is 6.92. The van der Waals surface area contributed by atoms with Gasteiger partial charge >= 0.3 is 0 Å². The summed E-state index contributed by atoms with van der Waals surface area (Å²) in [6, 6.07) is 9.21. The third-order valence-electron chi connectivity index (χ3n) is 2.74. The van der Waals surface area contributed by atoms with Gasteiger partial charge in [0.25, 0.3) is 0 Å². The smallest absolute Gasteiger partial charge is 0.229 e. The topological polar surface area (TPSA) is 78.9 Å². The molecule has 0 spiro atoms. The quantitative estimate of drug-likeness (QED) is 0.714. The largest absolute Gasteiger partial charge is 0.366 e. The number of anilines is 4. The second-order valence-electron chi connectivity index (χ2n) is 4.77. The summed E-state index contributed by atoms with van der Waals surface area (Å²) >= 11 is 0. The van der Waals surface area contributed by atoms with E-state index in [1.54, 1.807) is 6.08 Å². The first kappa shape index (κ1) is 15.5. The van der Waals surface area contributed by atoms with Gasteiger partial charge in [0.15, 0.2) is 0 Å². The SMILES string of the molecule is C=CCNc1cc(C)nc(Nc2ccc(NC(C)=O)cc2)n1. The van der Waals surface area contributed by atoms with Crippen LogP contribution < -0.4 is 16.0 Å². The fourth-order valence-electron chi connectivity index (χ4n) is 1.86. The number of amides is 1. The third kappa shape index (κ3) is 4.59. The Balaban J connectivity index is 2.10. The van der Waals surface area contributed by atoms with E-state index in [9.17, 15) is 4.79 Å². The minimum absolute atomic E-state index is 0.0966. The Hall–Kier alpha value is -2.89. The van der Waals surface area contributed by atoms with E-state index in [0.717, 1.165) is 22.9 Å². The molecule has 1 aromatic carbocycles. The molecular formula is C16H19N5O. The van der Waals surface area contributed by atoms with Crippen molar-refractivity contribution in [3.63, 3.8) is 0 Å². The Kier molecular flexibility index (Phi) is 5.08. The van der Waals surface area contributed by atoms with Crippen LogP contribution in [0.3, 0.4) is 0 Å². The molecule has 0 radical (unpaired) electrons. The summed E-state index contributed by atoms with van der Waals surface area (Å²) in [5, 5.41) is 9.00. The van der Waals surface area contributed by atoms with Crippen LogP contribution in [0.25, 0.3) is 0 Å². The molecule has 2 aromatic rings. The highest BCUT2D eigenvalue weighted by Gasteiger charge is 2.03. The Labute approximate surface area is 129 Å². The van der Waals surface area contributed by atoms with Crippen LogP contribution in [-0.2, 0) is 4.79 Å². The molecule has 6 nitrogen and oxygen atoms in total. The zero-order chi connectivity index (χ0) is 15.9. The lowest BCUT2D eigenvalue weighted by atomic mass is 10.3. The fourth-order valence-corrected chi connectivity index (χ4v) is 1.86. The molecule has 0 unspecified atom stereocenters. The van der Waals surface area contributed by atoms with E-state index >= 15 is 0 Å². The molecule has 0 bridgehead atoms. The highest BCUT2D eigenvalue weighted by molar-refractivity contribution is 5.88. The van der Waals surface area contributed by atoms with Crippen LogP contribution in [0.2, 0.25) is 0 Å². The molecule has 0 atom stereocenters. The van der Waals surface area contributed by atoms with Gasteiger partial charge in [-0.05, 0) is 31.2 Å². The highest BCUT2D eigenvalue weighted by atomic mass is 16.1. The van der Waals surface area contributed by atoms with Gasteiger partial charge < -0.3 is 16.0 Å². The van der Waals surface area contributed by atoms with E-state index in [-0.39, 0.29) is 5.91 Å². The maximum absolute atomic E-state index is 11.0. The van der Waals surface area contributed by atoms with E-state index < -0.39 is 0 Å². The first-order valence-corrected chi connectivity index (χ1v) is 6.92. The summed E-state index contributed by atoms with van der Waals surface area (Å²) in [5.41, 5.74) is 2.45. The van der Waals surface area contributed by atoms with Crippen molar-refractivity contribution in [1.82, 2.24) is 9.97 Å². The molecule has 2 rings (SSSR count). The van der Waals surface area contributed by atoms with Crippen LogP contribution in [0.5, 0.6) is 0 Å². The van der Waals surface area contributed by atoms with Crippen molar-refractivity contribution in [1.29, 1.82) is 0 Å². The van der Waals surface area contributed by atoms with Gasteiger partial charge in [-0.15, -0.1) is 6.58 Å². The summed E-state index contributed by atoms with van der Waals surface area (Å²) < 4.78 is 0. The number of aromatic nitrogens is 2. The average molecular weight is 297 g/mol. The van der Waals surface area contributed by atoms with E-state index in [4.69, 9.17) is 0 Å². The van der Waals surface area contributed by atoms with Crippen LogP contribution in [0.4, 0.5) is 23.1 Å². The molecule has 0 fully saturated rings. The van der Waals surface area contributed by atoms with Crippen molar-refractivity contribution in [2.45, 2.75) is 13.8 Å². The molecule has 0 saturated heterocycles. The lowest BCUT2D eigenvalue weighted by molar-refractivity contribution is -0.114. The fraction of sp³-hybridized carbons (Fsp3) is 0.188. The van der Waals surface area contributed by atoms with E-state index in [1.165, 1.54) is 6.92 Å². The van der Waals surface area contributed by atoms with Crippen LogP contribution in [0.1, 0.15) is 12.6 Å². The summed E-state index contributed by atoms with van der Waals surface area (Å²) in [7, 11) is 0. The van der Waals surface area contributed by atoms with Crippen LogP contribution in [0, 0.1) is 6.92 Å². The Morgan fingerprint density at radius 1 is 1.23 bits per heavy atom. The van der Waals surface area contributed by atoms with Crippen LogP contribution in [-0.4, -0.2) is 22.4 Å². The van der Waals surface area contributed by atoms with E-state index in [0.29, 0.717) is 12.5 Å². The van der Waals surface area contributed by atoms with Gasteiger partial charge in [-0.25, -0.2) is 4.98 Å². The number of aryl methyl sites for hydroxylation is 1. The number of benzene rings is 1. The van der Waals surface area contributed by atoms with Crippen LogP contribution in [0.15, 0.2) is 43.0 Å². The van der Waals surface area contributed by atoms with Crippen molar-refractivity contribution in [2.24, 2.45) is 0 Å². The highest BCUT2D eigenvalue weighted by Crippen LogP contribution is 2.18. The average Bonchev–Trinajstić information content (AvgIpc) is 2.46. The van der Waals surface area contributed by atoms with Gasteiger partial charge in [0.1, 0.15) is 5.82 Å². The predicted octanol–water partition coefficient (Wildman–Crippen LogP) is 3.08. The number of nitrogens with one attached hydrogen (secondary N) is 3. The van der Waals surface area contributed by atoms with Gasteiger partial charge in [0, 0.05) is 36.6 Å². The Morgan fingerprint density at radius 2 is 1.91 bits per heavy atom. The number of carbonyl (C=O) groups excluding carboxylic acids is 1. The molecule has 1 amide bonds. The molecule has 22 heavy (non-hydrogen) atoms. The van der Waals surface area contributed by atoms with Gasteiger partial charge in [0.05, 0.1) is 0 Å². The molecule has 114 valence electrons. The number of rotatable bonds is 6. The molecule has 3 N–H and O–H groups in total. The molecule has 0 aliphatic rings. The zero-order valence-corrected chi connectivity index (χ0v) is 12.7. The predicted molar refractivity (Wildman–Crippen MR) is 89.5 cm³/mol. The molecule has 0 aliphatic heterocycles. The number of carbonyl (C=O) groups is 1. The Bertz CT molecular complexity index is 667. The summed E-state index contributed by atoms with van der Waals surface area (Å²) in [4.78, 5) is 19.7. The molecule has 6 heteroatoms. The molecule has 0 aliphatic carbocycles. The van der Waals surface area contributed by atoms with Gasteiger partial charge in [-0.1, -0.05) is 6.08 Å². The Morgan fingerprint density at radius 3 is 2.55 bits per heavy atom. The minimum Gasteiger partial charge on any atom is -0.366 e. The number of hydrogen-bond acceptors (Lipinski definition) is 5. The summed E-state index contributed by atoms with van der Waals surface area (Å²) in [6.45, 7) is 7.69. The standard InChI is InChI=1S/C16H19N5O/c1-4-9-17-15-10-11(2)18-16(21-15)20-14-7-5-13(6-8-14)19-12(3)22/h4-8,10H,1,9H2,2-3H3,(H,19,22)(H2,17,18,20,21). The minimum atomic E-state index is -0.0966. The van der Waals surface area contributed by atoms with Gasteiger partial charge in [0.2, 0.25) is 11.9 Å². The lowest BCUT2D eigenvalue weighted by Gasteiger charge is -2.09. The van der Waals surface area contributed by atoms with Crippen molar-refractivity contribution in [3.8, 4) is 0 Å². The number of hydrogen-bond donors (Lipinski definition) is 3. The monoisotopic (exact) mass is 297 g/mol. The first-order chi connectivity index (χ1) is 10.6. The molecule has 1 aromatic heterocycles. The molecule has 0 saturated carbocycles. The zero-order valence-electron chi connectivity index (χ0n) is 12.7. The summed E-state index contributed by atoms with van der Waals surface area (Å²) in [5.74, 6) is 1.16. The van der Waals surface area contributed by atoms with E-state index in [2.05, 4.69) is 32.5 Å². The van der Waals surface area contributed by atoms with Crippen LogP contribution >= 0.6 is 0 Å². The van der Waals surface area contributed by atoms with Gasteiger partial charge in [-0.2, -0.15) is 4.98 Å². The van der Waals surface area contributed by atoms with Crippen molar-refractivity contribution < 1.29 is 4.79 Å². The maximum Gasteiger partial charge on any atom is 0.229 e. The van der Waals surface area contributed by atoms with Crippen molar-refractivity contribution in [3.05, 3.63) is 48.7 Å². The second kappa shape index (κ2) is 7.21. The lowest BCUT2D eigenvalue weighted by Crippen LogP contribution is -2.06. The van der Waals surface area contributed by atoms with Crippen molar-refractivity contribution in [2.75, 3.05) is 22.5 Å². The summed E-state index contributed by atoms with van der Waals surface area (Å²) in [6.07, 6.45) is 1.77. The molecule has 1 heterocycles. The van der Waals surface area contributed by atoms with Crippen molar-refractivity contribution >= 4 is 29.0 Å². The third-order valence-corrected chi connectivity index (χ3v) is 2.74.